The SMILES string of the molecule is CC(C)[C@]12O[C@H]1[C@@H]1O[C@]13[C@]1(O[C@H]1C[C@H]1C4=C(CC[C@@]13C)C(=O)OC4)[C@@H]2OC(=O)NCCOCCOCCOCCNC(=O)CCCCC1CCSS1. The topological polar surface area (TPSA) is 159 Å². The first-order valence-corrected chi connectivity index (χ1v) is 21.7. The molecular weight excluding hydrogens is 713 g/mol. The second kappa shape index (κ2) is 14.8. The molecule has 6 fully saturated rings. The molecule has 10 atom stereocenters. The van der Waals surface area contributed by atoms with Crippen LogP contribution in [-0.2, 0) is 47.5 Å². The zero-order valence-electron chi connectivity index (χ0n) is 30.6. The smallest absolute Gasteiger partial charge is 0.407 e. The number of hydrogen-bond donors (Lipinski definition) is 2. The molecule has 15 heteroatoms. The summed E-state index contributed by atoms with van der Waals surface area (Å²) in [7, 11) is 3.95. The summed E-state index contributed by atoms with van der Waals surface area (Å²) in [5, 5.41) is 6.54. The minimum atomic E-state index is -0.780. The van der Waals surface area contributed by atoms with Gasteiger partial charge < -0.3 is 48.5 Å². The number of ether oxygens (including phenoxy) is 8. The molecule has 8 rings (SSSR count). The molecule has 4 saturated heterocycles. The number of esters is 1. The number of carbonyl (C=O) groups is 3. The molecule has 2 amide bonds. The fraction of sp³-hybridized carbons (Fsp3) is 0.865. The molecule has 52 heavy (non-hydrogen) atoms. The monoisotopic (exact) mass is 766 g/mol. The van der Waals surface area contributed by atoms with Gasteiger partial charge in [0.25, 0.3) is 0 Å². The van der Waals surface area contributed by atoms with Crippen molar-refractivity contribution < 1.29 is 52.3 Å². The van der Waals surface area contributed by atoms with Crippen LogP contribution in [0.3, 0.4) is 0 Å². The van der Waals surface area contributed by atoms with Gasteiger partial charge in [0, 0.05) is 41.5 Å². The molecule has 0 radical (unpaired) electrons. The minimum absolute atomic E-state index is 0.0859. The summed E-state index contributed by atoms with van der Waals surface area (Å²) >= 11 is 0. The Morgan fingerprint density at radius 1 is 0.962 bits per heavy atom. The van der Waals surface area contributed by atoms with E-state index in [0.717, 1.165) is 42.1 Å². The van der Waals surface area contributed by atoms with Crippen molar-refractivity contribution >= 4 is 39.6 Å². The standard InChI is InChI=1S/C37H54N2O11S2/c1-22(2)35-29(49-35)30-37(50-30)34(3)10-8-24-25(21-46-31(24)41)26(34)20-27-36(37,48-27)32(35)47-33(42)39-12-14-44-16-18-45-17-15-43-13-11-38-28(40)7-5-4-6-23-9-19-51-52-23/h22-23,26-27,29-30,32H,4-21H2,1-3H3,(H,38,40)(H,39,42)/t23?,26-,27-,29-,30-,32+,34-,35-,36+,37+/m0/s1. The van der Waals surface area contributed by atoms with Gasteiger partial charge in [0.15, 0.2) is 11.7 Å². The number of nitrogens with one attached hydrogen (secondary N) is 2. The Morgan fingerprint density at radius 3 is 2.44 bits per heavy atom. The molecule has 3 aliphatic carbocycles. The quantitative estimate of drug-likeness (QED) is 0.0849. The number of alkyl carbamates (subject to hydrolysis) is 1. The summed E-state index contributed by atoms with van der Waals surface area (Å²) in [5.41, 5.74) is -0.448. The molecule has 5 heterocycles. The highest BCUT2D eigenvalue weighted by molar-refractivity contribution is 8.77. The summed E-state index contributed by atoms with van der Waals surface area (Å²) in [6.45, 7) is 10.0. The predicted molar refractivity (Wildman–Crippen MR) is 192 cm³/mol. The first-order chi connectivity index (χ1) is 25.2. The molecule has 8 aliphatic rings. The summed E-state index contributed by atoms with van der Waals surface area (Å²) in [6, 6.07) is 0. The van der Waals surface area contributed by atoms with Gasteiger partial charge in [0.2, 0.25) is 5.91 Å². The second-order valence-corrected chi connectivity index (χ2v) is 18.8. The Bertz CT molecular complexity index is 1430. The summed E-state index contributed by atoms with van der Waals surface area (Å²) in [5.74, 6) is 1.36. The molecule has 2 N–H and O–H groups in total. The van der Waals surface area contributed by atoms with Crippen molar-refractivity contribution in [1.82, 2.24) is 10.6 Å². The van der Waals surface area contributed by atoms with Gasteiger partial charge in [-0.2, -0.15) is 0 Å². The van der Waals surface area contributed by atoms with E-state index in [1.807, 2.05) is 21.6 Å². The Kier molecular flexibility index (Phi) is 10.6. The van der Waals surface area contributed by atoms with Crippen molar-refractivity contribution in [3.05, 3.63) is 11.1 Å². The highest BCUT2D eigenvalue weighted by Crippen LogP contribution is 2.83. The Balaban J connectivity index is 0.716. The Morgan fingerprint density at radius 2 is 1.71 bits per heavy atom. The van der Waals surface area contributed by atoms with Gasteiger partial charge in [-0.3, -0.25) is 4.79 Å². The third-order valence-electron chi connectivity index (χ3n) is 13.0. The van der Waals surface area contributed by atoms with Crippen LogP contribution < -0.4 is 10.6 Å². The fourth-order valence-corrected chi connectivity index (χ4v) is 13.4. The fourth-order valence-electron chi connectivity index (χ4n) is 10.3. The van der Waals surface area contributed by atoms with E-state index in [1.165, 1.54) is 18.6 Å². The van der Waals surface area contributed by atoms with E-state index in [4.69, 9.17) is 37.9 Å². The number of carbonyl (C=O) groups excluding carboxylic acids is 3. The largest absolute Gasteiger partial charge is 0.458 e. The molecule has 0 aromatic heterocycles. The van der Waals surface area contributed by atoms with Crippen molar-refractivity contribution in [3.63, 3.8) is 0 Å². The average Bonchev–Trinajstić information content (AvgIpc) is 4.07. The maximum absolute atomic E-state index is 13.3. The van der Waals surface area contributed by atoms with Crippen LogP contribution >= 0.6 is 21.6 Å². The Labute approximate surface area is 313 Å². The van der Waals surface area contributed by atoms with Crippen LogP contribution in [0.15, 0.2) is 11.1 Å². The molecule has 2 spiro atoms. The van der Waals surface area contributed by atoms with Crippen LogP contribution in [0.25, 0.3) is 0 Å². The lowest BCUT2D eigenvalue weighted by Crippen LogP contribution is -2.70. The van der Waals surface area contributed by atoms with Gasteiger partial charge >= 0.3 is 12.1 Å². The number of rotatable bonds is 19. The van der Waals surface area contributed by atoms with Crippen molar-refractivity contribution in [2.45, 2.75) is 119 Å². The highest BCUT2D eigenvalue weighted by Gasteiger charge is 3.01. The molecular formula is C37H54N2O11S2. The third kappa shape index (κ3) is 6.21. The molecule has 2 saturated carbocycles. The van der Waals surface area contributed by atoms with Crippen LogP contribution in [0, 0.1) is 17.3 Å². The van der Waals surface area contributed by atoms with Crippen LogP contribution in [0.4, 0.5) is 4.79 Å². The van der Waals surface area contributed by atoms with Crippen LogP contribution in [0.1, 0.15) is 72.1 Å². The molecule has 5 aliphatic heterocycles. The maximum Gasteiger partial charge on any atom is 0.407 e. The lowest BCUT2D eigenvalue weighted by Gasteiger charge is -2.53. The zero-order chi connectivity index (χ0) is 36.1. The number of unbranched alkanes of at least 4 members (excludes halogenated alkanes) is 1. The first-order valence-electron chi connectivity index (χ1n) is 19.3. The predicted octanol–water partition coefficient (Wildman–Crippen LogP) is 3.72. The van der Waals surface area contributed by atoms with E-state index < -0.39 is 29.0 Å². The number of cyclic esters (lactones) is 1. The van der Waals surface area contributed by atoms with Crippen molar-refractivity contribution in [1.29, 1.82) is 0 Å². The normalized spacial score (nSPS) is 40.1. The molecule has 0 bridgehead atoms. The van der Waals surface area contributed by atoms with Gasteiger partial charge in [-0.15, -0.1) is 0 Å². The van der Waals surface area contributed by atoms with Crippen LogP contribution in [0.5, 0.6) is 0 Å². The first kappa shape index (κ1) is 37.3. The van der Waals surface area contributed by atoms with Crippen LogP contribution in [0.2, 0.25) is 0 Å². The maximum atomic E-state index is 13.3. The average molecular weight is 767 g/mol. The highest BCUT2D eigenvalue weighted by atomic mass is 33.1. The molecule has 290 valence electrons. The van der Waals surface area contributed by atoms with Gasteiger partial charge in [-0.25, -0.2) is 9.59 Å². The van der Waals surface area contributed by atoms with Gasteiger partial charge in [-0.1, -0.05) is 48.8 Å². The Hall–Kier alpha value is -1.59. The molecule has 1 unspecified atom stereocenters. The minimum Gasteiger partial charge on any atom is -0.458 e. The molecule has 0 aromatic carbocycles. The van der Waals surface area contributed by atoms with Crippen molar-refractivity contribution in [3.8, 4) is 0 Å². The van der Waals surface area contributed by atoms with E-state index >= 15 is 0 Å². The van der Waals surface area contributed by atoms with E-state index in [0.29, 0.717) is 65.6 Å². The summed E-state index contributed by atoms with van der Waals surface area (Å²) in [4.78, 5) is 37.7. The summed E-state index contributed by atoms with van der Waals surface area (Å²) in [6.07, 6.45) is 5.70. The van der Waals surface area contributed by atoms with Crippen LogP contribution in [-0.4, -0.2) is 130 Å². The molecule has 13 nitrogen and oxygen atoms in total. The second-order valence-electron chi connectivity index (χ2n) is 16.0. The number of hydrogen-bond acceptors (Lipinski definition) is 13. The van der Waals surface area contributed by atoms with E-state index in [2.05, 4.69) is 31.4 Å². The number of fused-ring (bicyclic) bond motifs is 4. The van der Waals surface area contributed by atoms with E-state index in [9.17, 15) is 14.4 Å². The van der Waals surface area contributed by atoms with E-state index in [-0.39, 0.29) is 54.0 Å². The molecule has 0 aromatic rings. The summed E-state index contributed by atoms with van der Waals surface area (Å²) < 4.78 is 48.5. The lowest BCUT2D eigenvalue weighted by molar-refractivity contribution is -0.136. The van der Waals surface area contributed by atoms with E-state index in [1.54, 1.807) is 0 Å². The van der Waals surface area contributed by atoms with Gasteiger partial charge in [0.05, 0.1) is 45.7 Å². The van der Waals surface area contributed by atoms with Gasteiger partial charge in [0.1, 0.15) is 30.0 Å². The number of epoxide rings is 3. The van der Waals surface area contributed by atoms with Crippen molar-refractivity contribution in [2.24, 2.45) is 17.3 Å². The van der Waals surface area contributed by atoms with Crippen molar-refractivity contribution in [2.75, 3.05) is 65.1 Å². The number of amides is 2. The van der Waals surface area contributed by atoms with Gasteiger partial charge in [-0.05, 0) is 55.9 Å². The lowest BCUT2D eigenvalue weighted by atomic mass is 9.46. The zero-order valence-corrected chi connectivity index (χ0v) is 32.2. The third-order valence-corrected chi connectivity index (χ3v) is 16.0.